The van der Waals surface area contributed by atoms with Gasteiger partial charge in [-0.2, -0.15) is 0 Å². The number of aliphatic hydroxyl groups excluding tert-OH is 1. The molecule has 0 unspecified atom stereocenters. The maximum Gasteiger partial charge on any atom is 1.00 e. The minimum atomic E-state index is -6.00. The summed E-state index contributed by atoms with van der Waals surface area (Å²) in [6.45, 7) is 0.140. The fraction of sp³-hybridized carbons (Fsp3) is 0.0769. The summed E-state index contributed by atoms with van der Waals surface area (Å²) >= 11 is 0. The number of rotatable bonds is 1. The van der Waals surface area contributed by atoms with Gasteiger partial charge in [0.2, 0.25) is 0 Å². The molecule has 1 nitrogen and oxygen atoms in total. The zero-order chi connectivity index (χ0) is 23.6. The average molecular weight is 487 g/mol. The second-order valence-electron chi connectivity index (χ2n) is 4.28. The molecule has 30 heavy (non-hydrogen) atoms. The zero-order valence-corrected chi connectivity index (χ0v) is 18.4. The minimum absolute atomic E-state index is 0. The van der Waals surface area contributed by atoms with Gasteiger partial charge in [0, 0.05) is 0 Å². The Kier molecular flexibility index (Phi) is 24.9. The van der Waals surface area contributed by atoms with Gasteiger partial charge in [0.05, 0.1) is 6.61 Å². The molecule has 0 saturated carbocycles. The molecule has 0 bridgehead atoms. The molecule has 2 rings (SSSR count). The maximum absolute atomic E-state index is 9.75. The molecule has 1 N–H and O–H groups in total. The molecule has 0 radical (unpaired) electrons. The van der Waals surface area contributed by atoms with E-state index < -0.39 is 21.8 Å². The summed E-state index contributed by atoms with van der Waals surface area (Å²) in [4.78, 5) is 0. The van der Waals surface area contributed by atoms with Crippen LogP contribution >= 0.6 is 0 Å². The normalized spacial score (nSPS) is 10.0. The Morgan fingerprint density at radius 2 is 0.667 bits per heavy atom. The molecule has 0 aliphatic heterocycles. The van der Waals surface area contributed by atoms with Crippen LogP contribution in [0.5, 0.6) is 0 Å². The molecule has 0 spiro atoms. The van der Waals surface area contributed by atoms with E-state index in [9.17, 15) is 51.8 Å². The summed E-state index contributed by atoms with van der Waals surface area (Å²) in [6.07, 6.45) is 0. The van der Waals surface area contributed by atoms with Gasteiger partial charge in [-0.3, -0.25) is 0 Å². The number of benzene rings is 2. The minimum Gasteiger partial charge on any atom is -1.00 e. The summed E-state index contributed by atoms with van der Waals surface area (Å²) in [6, 6.07) is 21.5. The van der Waals surface area contributed by atoms with Crippen molar-refractivity contribution >= 4 is 21.8 Å². The van der Waals surface area contributed by atoms with Crippen molar-refractivity contribution in [2.24, 2.45) is 0 Å². The predicted molar refractivity (Wildman–Crippen MR) is 90.5 cm³/mol. The van der Waals surface area contributed by atoms with E-state index in [2.05, 4.69) is 0 Å². The topological polar surface area (TPSA) is 20.2 Å². The Morgan fingerprint density at radius 1 is 0.500 bits per heavy atom. The van der Waals surface area contributed by atoms with E-state index >= 15 is 0 Å². The molecule has 0 heterocycles. The smallest absolute Gasteiger partial charge is 1.00 e. The molecule has 0 aliphatic rings. The first-order valence-electron chi connectivity index (χ1n) is 7.20. The van der Waals surface area contributed by atoms with Gasteiger partial charge in [0.25, 0.3) is 0 Å². The molecular formula is C13H15B3F12KO-3. The summed E-state index contributed by atoms with van der Waals surface area (Å²) in [5, 5.41) is 8.54. The third kappa shape index (κ3) is 80.5. The van der Waals surface area contributed by atoms with Crippen molar-refractivity contribution in [3.63, 3.8) is 0 Å². The van der Waals surface area contributed by atoms with Crippen LogP contribution in [-0.4, -0.2) is 26.9 Å². The maximum atomic E-state index is 9.75. The molecule has 17 heteroatoms. The second-order valence-corrected chi connectivity index (χ2v) is 4.28. The van der Waals surface area contributed by atoms with Gasteiger partial charge in [-0.1, -0.05) is 66.7 Å². The molecule has 2 aromatic carbocycles. The third-order valence-corrected chi connectivity index (χ3v) is 1.69. The van der Waals surface area contributed by atoms with E-state index in [-0.39, 0.29) is 59.4 Å². The molecule has 0 aliphatic carbocycles. The standard InChI is InChI=1S/C7H8O.C6H6.3BF4.K.H/c8-6-7-4-2-1-3-5-7;1-2-4-6-5-3-1;3*2-1(3,4)5;;/h1-5,8H,6H2;1-6H;;;;;/q;;3*-1;+1;-1. The van der Waals surface area contributed by atoms with Crippen molar-refractivity contribution < 1.29 is 110 Å². The molecule has 170 valence electrons. The first-order valence-corrected chi connectivity index (χ1v) is 7.20. The summed E-state index contributed by atoms with van der Waals surface area (Å²) in [7, 11) is -18.0. The van der Waals surface area contributed by atoms with E-state index in [1.165, 1.54) is 0 Å². The Labute approximate surface area is 209 Å². The Hall–Kier alpha value is -0.609. The van der Waals surface area contributed by atoms with Crippen molar-refractivity contribution in [2.45, 2.75) is 6.61 Å². The number of hydrogen-bond donors (Lipinski definition) is 1. The first-order chi connectivity index (χ1) is 12.9. The van der Waals surface area contributed by atoms with Crippen molar-refractivity contribution in [1.29, 1.82) is 0 Å². The van der Waals surface area contributed by atoms with E-state index in [1.807, 2.05) is 66.7 Å². The Morgan fingerprint density at radius 3 is 0.800 bits per heavy atom. The fourth-order valence-corrected chi connectivity index (χ4v) is 0.968. The van der Waals surface area contributed by atoms with Crippen LogP contribution in [0.15, 0.2) is 66.7 Å². The quantitative estimate of drug-likeness (QED) is 0.479. The second kappa shape index (κ2) is 20.3. The molecule has 0 atom stereocenters. The van der Waals surface area contributed by atoms with Crippen molar-refractivity contribution in [3.05, 3.63) is 72.3 Å². The monoisotopic (exact) mass is 487 g/mol. The summed E-state index contributed by atoms with van der Waals surface area (Å²) in [5.41, 5.74) is 0.965. The fourth-order valence-electron chi connectivity index (χ4n) is 0.968. The number of halogens is 12. The Bertz CT molecular complexity index is 515. The molecule has 0 saturated heterocycles. The van der Waals surface area contributed by atoms with Crippen molar-refractivity contribution in [1.82, 2.24) is 0 Å². The van der Waals surface area contributed by atoms with Crippen LogP contribution in [0.4, 0.5) is 51.8 Å². The van der Waals surface area contributed by atoms with Crippen LogP contribution in [0, 0.1) is 0 Å². The molecule has 0 aromatic heterocycles. The molecule has 0 amide bonds. The van der Waals surface area contributed by atoms with Gasteiger partial charge >= 0.3 is 73.1 Å². The molecule has 2 aromatic rings. The van der Waals surface area contributed by atoms with E-state index in [1.54, 1.807) is 0 Å². The number of aliphatic hydroxyl groups is 1. The average Bonchev–Trinajstić information content (AvgIpc) is 2.53. The third-order valence-electron chi connectivity index (χ3n) is 1.69. The van der Waals surface area contributed by atoms with E-state index in [0.717, 1.165) is 5.56 Å². The first kappa shape index (κ1) is 36.7. The number of hydrogen-bond acceptors (Lipinski definition) is 1. The van der Waals surface area contributed by atoms with Gasteiger partial charge in [-0.15, -0.1) is 0 Å². The van der Waals surface area contributed by atoms with Gasteiger partial charge in [0.15, 0.2) is 0 Å². The van der Waals surface area contributed by atoms with Crippen LogP contribution in [0.2, 0.25) is 0 Å². The molecule has 0 fully saturated rings. The van der Waals surface area contributed by atoms with Gasteiger partial charge in [-0.25, -0.2) is 0 Å². The van der Waals surface area contributed by atoms with Crippen molar-refractivity contribution in [3.8, 4) is 0 Å². The van der Waals surface area contributed by atoms with Gasteiger partial charge in [-0.05, 0) is 5.56 Å². The van der Waals surface area contributed by atoms with Gasteiger partial charge < -0.3 is 58.3 Å². The largest absolute Gasteiger partial charge is 1.00 e. The van der Waals surface area contributed by atoms with Crippen LogP contribution in [0.3, 0.4) is 0 Å². The SMILES string of the molecule is F[B-](F)(F)F.F[B-](F)(F)F.F[B-](F)(F)F.OCc1ccccc1.[H-].[K+].c1ccccc1. The predicted octanol–water partition coefficient (Wildman–Crippen LogP) is 3.88. The molecular weight excluding hydrogens is 472 g/mol. The van der Waals surface area contributed by atoms with Crippen LogP contribution in [0.1, 0.15) is 6.99 Å². The van der Waals surface area contributed by atoms with E-state index in [0.29, 0.717) is 0 Å². The summed E-state index contributed by atoms with van der Waals surface area (Å²) in [5.74, 6) is 0. The Balaban J connectivity index is -0.0000000909. The zero-order valence-electron chi connectivity index (χ0n) is 16.3. The van der Waals surface area contributed by atoms with Gasteiger partial charge in [0.1, 0.15) is 0 Å². The van der Waals surface area contributed by atoms with E-state index in [4.69, 9.17) is 5.11 Å². The summed E-state index contributed by atoms with van der Waals surface area (Å²) < 4.78 is 117. The van der Waals surface area contributed by atoms with Crippen LogP contribution in [-0.2, 0) is 6.61 Å². The van der Waals surface area contributed by atoms with Crippen molar-refractivity contribution in [2.75, 3.05) is 0 Å². The van der Waals surface area contributed by atoms with Crippen LogP contribution < -0.4 is 51.4 Å². The van der Waals surface area contributed by atoms with Crippen LogP contribution in [0.25, 0.3) is 0 Å².